The summed E-state index contributed by atoms with van der Waals surface area (Å²) in [5, 5.41) is 0. The third kappa shape index (κ3) is 15.6. The van der Waals surface area contributed by atoms with Crippen LogP contribution in [-0.2, 0) is 14.3 Å². The van der Waals surface area contributed by atoms with Gasteiger partial charge in [0.2, 0.25) is 0 Å². The Kier molecular flexibility index (Phi) is 22.4. The molecule has 0 heterocycles. The zero-order chi connectivity index (χ0) is 32.6. The van der Waals surface area contributed by atoms with Gasteiger partial charge in [0.05, 0.1) is 0 Å². The van der Waals surface area contributed by atoms with Crippen LogP contribution >= 0.6 is 0 Å². The summed E-state index contributed by atoms with van der Waals surface area (Å²) < 4.78 is 27.6. The van der Waals surface area contributed by atoms with Crippen molar-refractivity contribution in [1.29, 1.82) is 0 Å². The fourth-order valence-electron chi connectivity index (χ4n) is 6.33. The summed E-state index contributed by atoms with van der Waals surface area (Å²) in [4.78, 5) is 0. The van der Waals surface area contributed by atoms with Crippen LogP contribution in [0, 0.1) is 0 Å². The standard InChI is InChI=1S/2C12H18O.4C4H9.O.2Sn/c2*1-2-3-4-5-8-11-9-6-7-10-12(11)13;4*1-3-4-2;;;/h2*6-7,9-10,13H,2-5,8H2,1H3;4*1,3-4H2,2H3;;;/q;;;;;;;2*+1/p-2. The van der Waals surface area contributed by atoms with E-state index in [1.807, 2.05) is 0 Å². The SMILES string of the molecule is CCCCCCc1ccccc1[O][Sn]([CH2]CCC)([CH2]CCC)[O][Sn]([CH2]CCC)([CH2]CCC)[O]c1ccccc1CCCCCC. The van der Waals surface area contributed by atoms with Gasteiger partial charge in [-0.2, -0.15) is 0 Å². The molecule has 0 atom stereocenters. The van der Waals surface area contributed by atoms with Crippen molar-refractivity contribution in [3.05, 3.63) is 59.7 Å². The molecule has 0 radical (unpaired) electrons. The van der Waals surface area contributed by atoms with E-state index < -0.39 is 38.4 Å². The Morgan fingerprint density at radius 1 is 0.400 bits per heavy atom. The fraction of sp³-hybridized carbons (Fsp3) is 0.700. The number of para-hydroxylation sites is 2. The molecule has 0 spiro atoms. The molecule has 3 nitrogen and oxygen atoms in total. The molecule has 2 rings (SSSR count). The molecule has 0 aliphatic rings. The summed E-state index contributed by atoms with van der Waals surface area (Å²) in [6, 6.07) is 17.9. The number of aryl methyl sites for hydroxylation is 2. The second-order valence-electron chi connectivity index (χ2n) is 13.4. The summed E-state index contributed by atoms with van der Waals surface area (Å²) in [7, 11) is 0. The van der Waals surface area contributed by atoms with Gasteiger partial charge >= 0.3 is 292 Å². The van der Waals surface area contributed by atoms with Gasteiger partial charge in [-0.1, -0.05) is 0 Å². The number of hydrogen-bond donors (Lipinski definition) is 0. The molecule has 45 heavy (non-hydrogen) atoms. The first-order valence-electron chi connectivity index (χ1n) is 19.2. The molecule has 0 saturated carbocycles. The number of rotatable bonds is 28. The van der Waals surface area contributed by atoms with Crippen LogP contribution in [0.3, 0.4) is 0 Å². The quantitative estimate of drug-likeness (QED) is 0.0631. The molecule has 256 valence electrons. The Labute approximate surface area is 289 Å². The molecule has 0 bridgehead atoms. The molecule has 0 N–H and O–H groups in total. The fourth-order valence-corrected chi connectivity index (χ4v) is 48.3. The van der Waals surface area contributed by atoms with Gasteiger partial charge in [0.15, 0.2) is 0 Å². The maximum atomic E-state index is 8.01. The Hall–Kier alpha value is -0.403. The molecule has 0 fully saturated rings. The third-order valence-electron chi connectivity index (χ3n) is 9.15. The monoisotopic (exact) mass is 838 g/mol. The second-order valence-corrected chi connectivity index (χ2v) is 35.1. The first kappa shape index (κ1) is 40.8. The van der Waals surface area contributed by atoms with Gasteiger partial charge in [-0.25, -0.2) is 0 Å². The van der Waals surface area contributed by atoms with Crippen molar-refractivity contribution in [2.45, 2.75) is 175 Å². The molecule has 0 aromatic heterocycles. The summed E-state index contributed by atoms with van der Waals surface area (Å²) >= 11 is -7.32. The van der Waals surface area contributed by atoms with Crippen molar-refractivity contribution in [2.75, 3.05) is 0 Å². The van der Waals surface area contributed by atoms with Crippen molar-refractivity contribution < 1.29 is 7.56 Å². The summed E-state index contributed by atoms with van der Waals surface area (Å²) in [5.41, 5.74) is 2.76. The zero-order valence-electron chi connectivity index (χ0n) is 30.4. The van der Waals surface area contributed by atoms with Crippen LogP contribution in [0.25, 0.3) is 0 Å². The van der Waals surface area contributed by atoms with Crippen molar-refractivity contribution in [3.8, 4) is 11.5 Å². The topological polar surface area (TPSA) is 27.7 Å². The van der Waals surface area contributed by atoms with Crippen molar-refractivity contribution in [1.82, 2.24) is 0 Å². The van der Waals surface area contributed by atoms with Gasteiger partial charge < -0.3 is 0 Å². The molecule has 0 aliphatic heterocycles. The summed E-state index contributed by atoms with van der Waals surface area (Å²) in [6.07, 6.45) is 21.9. The van der Waals surface area contributed by atoms with Gasteiger partial charge in [0.1, 0.15) is 0 Å². The average Bonchev–Trinajstić information content (AvgIpc) is 3.06. The first-order chi connectivity index (χ1) is 22.0. The van der Waals surface area contributed by atoms with E-state index in [-0.39, 0.29) is 0 Å². The van der Waals surface area contributed by atoms with Gasteiger partial charge in [-0.15, -0.1) is 0 Å². The van der Waals surface area contributed by atoms with Crippen LogP contribution in [-0.4, -0.2) is 38.4 Å². The van der Waals surface area contributed by atoms with Crippen molar-refractivity contribution in [3.63, 3.8) is 0 Å². The van der Waals surface area contributed by atoms with Gasteiger partial charge in [-0.05, 0) is 0 Å². The minimum atomic E-state index is -3.66. The molecular weight excluding hydrogens is 766 g/mol. The normalized spacial score (nSPS) is 12.0. The van der Waals surface area contributed by atoms with Crippen molar-refractivity contribution >= 4 is 38.4 Å². The van der Waals surface area contributed by atoms with Crippen molar-refractivity contribution in [2.24, 2.45) is 0 Å². The van der Waals surface area contributed by atoms with E-state index >= 15 is 0 Å². The van der Waals surface area contributed by atoms with Gasteiger partial charge in [0.25, 0.3) is 0 Å². The molecule has 0 unspecified atom stereocenters. The van der Waals surface area contributed by atoms with E-state index in [9.17, 15) is 0 Å². The Bertz CT molecular complexity index is 915. The Balaban J connectivity index is 2.57. The van der Waals surface area contributed by atoms with Gasteiger partial charge in [-0.3, -0.25) is 0 Å². The molecule has 0 saturated heterocycles. The maximum absolute atomic E-state index is 8.01. The first-order valence-corrected chi connectivity index (χ1v) is 32.0. The van der Waals surface area contributed by atoms with E-state index in [0.717, 1.165) is 42.1 Å². The predicted molar refractivity (Wildman–Crippen MR) is 201 cm³/mol. The Morgan fingerprint density at radius 2 is 0.733 bits per heavy atom. The predicted octanol–water partition coefficient (Wildman–Crippen LogP) is 13.5. The van der Waals surface area contributed by atoms with Crippen LogP contribution in [0.15, 0.2) is 48.5 Å². The Morgan fingerprint density at radius 3 is 1.07 bits per heavy atom. The molecule has 0 amide bonds. The van der Waals surface area contributed by atoms with E-state index in [1.54, 1.807) is 0 Å². The van der Waals surface area contributed by atoms with Crippen LogP contribution in [0.4, 0.5) is 0 Å². The summed E-state index contributed by atoms with van der Waals surface area (Å²) in [6.45, 7) is 13.9. The number of hydrogen-bond acceptors (Lipinski definition) is 3. The molecule has 0 aliphatic carbocycles. The van der Waals surface area contributed by atoms with E-state index in [0.29, 0.717) is 0 Å². The van der Waals surface area contributed by atoms with Crippen LogP contribution in [0.5, 0.6) is 11.5 Å². The van der Waals surface area contributed by atoms with Gasteiger partial charge in [0, 0.05) is 0 Å². The third-order valence-corrected chi connectivity index (χ3v) is 41.6. The number of benzene rings is 2. The summed E-state index contributed by atoms with van der Waals surface area (Å²) in [5.74, 6) is 2.25. The zero-order valence-corrected chi connectivity index (χ0v) is 36.1. The number of unbranched alkanes of at least 4 members (excludes halogenated alkanes) is 10. The van der Waals surface area contributed by atoms with E-state index in [4.69, 9.17) is 7.56 Å². The van der Waals surface area contributed by atoms with Crippen LogP contribution in [0.1, 0.15) is 155 Å². The molecular formula is C40H70O3Sn2. The molecule has 5 heteroatoms. The second kappa shape index (κ2) is 24.7. The minimum absolute atomic E-state index is 1.10. The molecule has 2 aromatic carbocycles. The van der Waals surface area contributed by atoms with E-state index in [1.165, 1.54) is 114 Å². The van der Waals surface area contributed by atoms with E-state index in [2.05, 4.69) is 90.1 Å². The average molecular weight is 836 g/mol. The molecule has 2 aromatic rings. The van der Waals surface area contributed by atoms with Crippen LogP contribution in [0.2, 0.25) is 17.7 Å². The van der Waals surface area contributed by atoms with Crippen LogP contribution < -0.4 is 6.15 Å².